The molecule has 2 atom stereocenters. The lowest BCUT2D eigenvalue weighted by Crippen LogP contribution is -2.48. The smallest absolute Gasteiger partial charge is 0.242 e. The Kier molecular flexibility index (Phi) is 5.97. The van der Waals surface area contributed by atoms with Gasteiger partial charge in [-0.15, -0.1) is 11.3 Å². The minimum atomic E-state index is -0.610. The van der Waals surface area contributed by atoms with E-state index in [0.717, 1.165) is 24.3 Å². The summed E-state index contributed by atoms with van der Waals surface area (Å²) in [6, 6.07) is 3.41. The molecule has 1 aromatic rings. The Morgan fingerprint density at radius 2 is 2.55 bits per heavy atom. The molecule has 0 radical (unpaired) electrons. The largest absolute Gasteiger partial charge is 0.383 e. The highest BCUT2D eigenvalue weighted by Crippen LogP contribution is 2.17. The molecular formula is C14H22N2O3S. The first-order chi connectivity index (χ1) is 9.70. The molecule has 0 bridgehead atoms. The lowest BCUT2D eigenvalue weighted by Gasteiger charge is -2.27. The summed E-state index contributed by atoms with van der Waals surface area (Å²) >= 11 is 1.64. The van der Waals surface area contributed by atoms with E-state index in [1.807, 2.05) is 17.5 Å². The topological polar surface area (TPSA) is 64.8 Å². The summed E-state index contributed by atoms with van der Waals surface area (Å²) in [7, 11) is 1.55. The van der Waals surface area contributed by atoms with E-state index < -0.39 is 6.04 Å². The van der Waals surface area contributed by atoms with Gasteiger partial charge in [-0.25, -0.2) is 0 Å². The maximum atomic E-state index is 12.4. The van der Waals surface area contributed by atoms with Crippen LogP contribution in [0.2, 0.25) is 0 Å². The lowest BCUT2D eigenvalue weighted by atomic mass is 10.2. The van der Waals surface area contributed by atoms with E-state index in [4.69, 9.17) is 15.2 Å². The van der Waals surface area contributed by atoms with Gasteiger partial charge < -0.3 is 20.1 Å². The van der Waals surface area contributed by atoms with Gasteiger partial charge in [-0.1, -0.05) is 6.07 Å². The third-order valence-corrected chi connectivity index (χ3v) is 4.21. The summed E-state index contributed by atoms with van der Waals surface area (Å²) in [5.74, 6) is -0.0734. The molecule has 0 aliphatic carbocycles. The van der Waals surface area contributed by atoms with Crippen molar-refractivity contribution in [2.75, 3.05) is 26.9 Å². The van der Waals surface area contributed by atoms with Crippen LogP contribution in [0.1, 0.15) is 17.7 Å². The Balaban J connectivity index is 1.99. The summed E-state index contributed by atoms with van der Waals surface area (Å²) in [5, 5.41) is 2.01. The van der Waals surface area contributed by atoms with Crippen LogP contribution in [-0.2, 0) is 20.8 Å². The van der Waals surface area contributed by atoms with Gasteiger partial charge >= 0.3 is 0 Å². The number of amides is 1. The van der Waals surface area contributed by atoms with Gasteiger partial charge in [0.25, 0.3) is 0 Å². The van der Waals surface area contributed by atoms with Crippen LogP contribution in [-0.4, -0.2) is 49.8 Å². The highest BCUT2D eigenvalue weighted by Gasteiger charge is 2.26. The molecular weight excluding hydrogens is 276 g/mol. The van der Waals surface area contributed by atoms with Gasteiger partial charge in [-0.05, 0) is 24.3 Å². The monoisotopic (exact) mass is 298 g/mol. The predicted molar refractivity (Wildman–Crippen MR) is 78.6 cm³/mol. The number of rotatable bonds is 7. The molecule has 20 heavy (non-hydrogen) atoms. The molecule has 1 aromatic heterocycles. The quantitative estimate of drug-likeness (QED) is 0.822. The molecule has 0 spiro atoms. The van der Waals surface area contributed by atoms with Gasteiger partial charge in [-0.2, -0.15) is 0 Å². The van der Waals surface area contributed by atoms with Crippen molar-refractivity contribution in [3.8, 4) is 0 Å². The molecule has 0 saturated carbocycles. The zero-order chi connectivity index (χ0) is 14.4. The fourth-order valence-corrected chi connectivity index (χ4v) is 3.06. The summed E-state index contributed by atoms with van der Waals surface area (Å²) in [4.78, 5) is 15.4. The van der Waals surface area contributed by atoms with Crippen molar-refractivity contribution in [2.24, 2.45) is 5.73 Å². The molecule has 2 N–H and O–H groups in total. The van der Waals surface area contributed by atoms with Crippen LogP contribution >= 0.6 is 11.3 Å². The third kappa shape index (κ3) is 4.28. The Morgan fingerprint density at radius 1 is 1.70 bits per heavy atom. The van der Waals surface area contributed by atoms with Crippen LogP contribution in [0.4, 0.5) is 0 Å². The molecule has 1 aliphatic heterocycles. The molecule has 2 heterocycles. The van der Waals surface area contributed by atoms with E-state index in [1.165, 1.54) is 0 Å². The number of ether oxygens (including phenoxy) is 2. The van der Waals surface area contributed by atoms with Gasteiger partial charge in [0.15, 0.2) is 0 Å². The van der Waals surface area contributed by atoms with Crippen molar-refractivity contribution in [3.05, 3.63) is 22.4 Å². The van der Waals surface area contributed by atoms with Gasteiger partial charge in [0.1, 0.15) is 6.04 Å². The van der Waals surface area contributed by atoms with Crippen LogP contribution in [0.3, 0.4) is 0 Å². The molecule has 2 rings (SSSR count). The van der Waals surface area contributed by atoms with Gasteiger partial charge in [-0.3, -0.25) is 4.79 Å². The number of carbonyl (C=O) groups excluding carboxylic acids is 1. The van der Waals surface area contributed by atoms with E-state index in [-0.39, 0.29) is 18.6 Å². The molecule has 1 aliphatic rings. The molecule has 6 heteroatoms. The standard InChI is InChI=1S/C14H22N2O3S/c1-18-10-13(15)14(17)16(8-11-4-2-6-19-11)9-12-5-3-7-20-12/h3,5,7,11,13H,2,4,6,8-10,15H2,1H3. The van der Waals surface area contributed by atoms with Crippen LogP contribution in [0, 0.1) is 0 Å². The first kappa shape index (κ1) is 15.4. The first-order valence-electron chi connectivity index (χ1n) is 6.88. The third-order valence-electron chi connectivity index (χ3n) is 3.35. The zero-order valence-corrected chi connectivity index (χ0v) is 12.6. The second-order valence-corrected chi connectivity index (χ2v) is 6.03. The van der Waals surface area contributed by atoms with Crippen molar-refractivity contribution in [1.29, 1.82) is 0 Å². The predicted octanol–water partition coefficient (Wildman–Crippen LogP) is 1.23. The average molecular weight is 298 g/mol. The summed E-state index contributed by atoms with van der Waals surface area (Å²) in [6.07, 6.45) is 2.21. The van der Waals surface area contributed by atoms with Gasteiger partial charge in [0, 0.05) is 25.1 Å². The van der Waals surface area contributed by atoms with Crippen LogP contribution in [0.5, 0.6) is 0 Å². The molecule has 2 unspecified atom stereocenters. The minimum absolute atomic E-state index is 0.0734. The molecule has 1 fully saturated rings. The van der Waals surface area contributed by atoms with E-state index in [9.17, 15) is 4.79 Å². The fraction of sp³-hybridized carbons (Fsp3) is 0.643. The number of hydrogen-bond donors (Lipinski definition) is 1. The molecule has 1 amide bonds. The molecule has 5 nitrogen and oxygen atoms in total. The molecule has 1 saturated heterocycles. The van der Waals surface area contributed by atoms with Crippen molar-refractivity contribution >= 4 is 17.2 Å². The lowest BCUT2D eigenvalue weighted by molar-refractivity contribution is -0.136. The number of carbonyl (C=O) groups is 1. The second-order valence-electron chi connectivity index (χ2n) is 4.99. The highest BCUT2D eigenvalue weighted by atomic mass is 32.1. The van der Waals surface area contributed by atoms with Crippen molar-refractivity contribution in [1.82, 2.24) is 4.90 Å². The minimum Gasteiger partial charge on any atom is -0.383 e. The number of thiophene rings is 1. The Hall–Kier alpha value is -0.950. The van der Waals surface area contributed by atoms with E-state index in [0.29, 0.717) is 13.1 Å². The van der Waals surface area contributed by atoms with Crippen LogP contribution < -0.4 is 5.73 Å². The Labute approximate surface area is 123 Å². The Bertz CT molecular complexity index is 405. The normalized spacial score (nSPS) is 20.0. The Morgan fingerprint density at radius 3 is 3.15 bits per heavy atom. The maximum absolute atomic E-state index is 12.4. The van der Waals surface area contributed by atoms with E-state index in [2.05, 4.69) is 0 Å². The number of nitrogens with two attached hydrogens (primary N) is 1. The van der Waals surface area contributed by atoms with Crippen molar-refractivity contribution < 1.29 is 14.3 Å². The van der Waals surface area contributed by atoms with Gasteiger partial charge in [0.05, 0.1) is 19.3 Å². The SMILES string of the molecule is COCC(N)C(=O)N(Cc1cccs1)CC1CCCO1. The highest BCUT2D eigenvalue weighted by molar-refractivity contribution is 7.09. The summed E-state index contributed by atoms with van der Waals surface area (Å²) in [5.41, 5.74) is 5.88. The average Bonchev–Trinajstić information content (AvgIpc) is 3.10. The first-order valence-corrected chi connectivity index (χ1v) is 7.76. The van der Waals surface area contributed by atoms with Crippen molar-refractivity contribution in [3.63, 3.8) is 0 Å². The van der Waals surface area contributed by atoms with Crippen LogP contribution in [0.25, 0.3) is 0 Å². The van der Waals surface area contributed by atoms with E-state index >= 15 is 0 Å². The number of methoxy groups -OCH3 is 1. The van der Waals surface area contributed by atoms with Crippen molar-refractivity contribution in [2.45, 2.75) is 31.5 Å². The fourth-order valence-electron chi connectivity index (χ4n) is 2.34. The molecule has 112 valence electrons. The van der Waals surface area contributed by atoms with Crippen LogP contribution in [0.15, 0.2) is 17.5 Å². The molecule has 0 aromatic carbocycles. The summed E-state index contributed by atoms with van der Waals surface area (Å²) in [6.45, 7) is 2.23. The number of nitrogens with zero attached hydrogens (tertiary/aromatic N) is 1. The van der Waals surface area contributed by atoms with Gasteiger partial charge in [0.2, 0.25) is 5.91 Å². The maximum Gasteiger partial charge on any atom is 0.242 e. The zero-order valence-electron chi connectivity index (χ0n) is 11.8. The number of hydrogen-bond acceptors (Lipinski definition) is 5. The summed E-state index contributed by atoms with van der Waals surface area (Å²) < 4.78 is 10.6. The van der Waals surface area contributed by atoms with E-state index in [1.54, 1.807) is 23.3 Å². The second kappa shape index (κ2) is 7.73.